The quantitative estimate of drug-likeness (QED) is 0.575. The van der Waals surface area contributed by atoms with Crippen LogP contribution in [0.15, 0.2) is 53.3 Å². The second-order valence-corrected chi connectivity index (χ2v) is 10.3. The maximum absolute atomic E-state index is 11.1. The van der Waals surface area contributed by atoms with E-state index < -0.39 is 0 Å². The molecule has 0 unspecified atom stereocenters. The number of likely N-dealkylation sites (tertiary alicyclic amines) is 1. The average molecular weight is 480 g/mol. The number of hydrogen-bond donors (Lipinski definition) is 1. The molecule has 2 heterocycles. The summed E-state index contributed by atoms with van der Waals surface area (Å²) >= 11 is 3.60. The zero-order valence-electron chi connectivity index (χ0n) is 18.3. The van der Waals surface area contributed by atoms with Crippen LogP contribution in [0, 0.1) is 19.8 Å². The number of imidazole rings is 1. The van der Waals surface area contributed by atoms with Gasteiger partial charge in [-0.2, -0.15) is 0 Å². The second-order valence-electron chi connectivity index (χ2n) is 9.35. The first-order chi connectivity index (χ1) is 15.0. The number of hydrogen-bond acceptors (Lipinski definition) is 3. The Hall–Kier alpha value is -1.95. The van der Waals surface area contributed by atoms with Gasteiger partial charge < -0.3 is 14.6 Å². The normalized spacial score (nSPS) is 23.8. The van der Waals surface area contributed by atoms with Crippen molar-refractivity contribution in [2.24, 2.45) is 5.92 Å². The molecular weight excluding hydrogens is 450 g/mol. The van der Waals surface area contributed by atoms with Crippen molar-refractivity contribution in [2.45, 2.75) is 45.3 Å². The van der Waals surface area contributed by atoms with Crippen molar-refractivity contribution in [3.8, 4) is 11.4 Å². The van der Waals surface area contributed by atoms with Crippen LogP contribution in [-0.4, -0.2) is 45.3 Å². The van der Waals surface area contributed by atoms with E-state index in [1.807, 2.05) is 12.4 Å². The summed E-state index contributed by atoms with van der Waals surface area (Å²) in [6.07, 6.45) is 6.75. The van der Waals surface area contributed by atoms with Gasteiger partial charge >= 0.3 is 0 Å². The molecule has 5 heteroatoms. The monoisotopic (exact) mass is 479 g/mol. The predicted octanol–water partition coefficient (Wildman–Crippen LogP) is 4.95. The van der Waals surface area contributed by atoms with E-state index in [-0.39, 0.29) is 12.1 Å². The Morgan fingerprint density at radius 2 is 1.94 bits per heavy atom. The zero-order chi connectivity index (χ0) is 21.5. The van der Waals surface area contributed by atoms with E-state index in [1.54, 1.807) is 0 Å². The molecule has 0 radical (unpaired) electrons. The van der Waals surface area contributed by atoms with E-state index in [2.05, 4.69) is 80.6 Å². The van der Waals surface area contributed by atoms with E-state index >= 15 is 0 Å². The molecule has 0 saturated carbocycles. The number of aliphatic hydroxyl groups is 1. The molecule has 2 aromatic carbocycles. The lowest BCUT2D eigenvalue weighted by Gasteiger charge is -2.38. The van der Waals surface area contributed by atoms with Crippen LogP contribution >= 0.6 is 15.9 Å². The predicted molar refractivity (Wildman–Crippen MR) is 128 cm³/mol. The molecule has 0 spiro atoms. The largest absolute Gasteiger partial charge is 0.390 e. The van der Waals surface area contributed by atoms with E-state index in [0.717, 1.165) is 50.3 Å². The number of aliphatic hydroxyl groups excluding tert-OH is 1. The van der Waals surface area contributed by atoms with E-state index in [4.69, 9.17) is 0 Å². The van der Waals surface area contributed by atoms with Gasteiger partial charge in [0.05, 0.1) is 12.1 Å². The number of halogens is 1. The summed E-state index contributed by atoms with van der Waals surface area (Å²) < 4.78 is 3.37. The van der Waals surface area contributed by atoms with Gasteiger partial charge in [-0.25, -0.2) is 4.98 Å². The van der Waals surface area contributed by atoms with Crippen LogP contribution in [0.1, 0.15) is 34.7 Å². The fraction of sp³-hybridized carbons (Fsp3) is 0.423. The van der Waals surface area contributed by atoms with Crippen molar-refractivity contribution < 1.29 is 5.11 Å². The highest BCUT2D eigenvalue weighted by molar-refractivity contribution is 9.10. The second kappa shape index (κ2) is 8.53. The van der Waals surface area contributed by atoms with E-state index in [1.165, 1.54) is 26.7 Å². The molecule has 1 N–H and O–H groups in total. The molecule has 3 aromatic rings. The third kappa shape index (κ3) is 4.23. The molecule has 1 aliphatic carbocycles. The molecular formula is C26H30BrN3O. The third-order valence-electron chi connectivity index (χ3n) is 6.99. The Bertz CT molecular complexity index is 1090. The number of fused-ring (bicyclic) bond motifs is 1. The van der Waals surface area contributed by atoms with Crippen molar-refractivity contribution in [1.82, 2.24) is 14.5 Å². The lowest BCUT2D eigenvalue weighted by atomic mass is 9.98. The van der Waals surface area contributed by atoms with E-state index in [0.29, 0.717) is 5.92 Å². The van der Waals surface area contributed by atoms with Gasteiger partial charge in [0.15, 0.2) is 0 Å². The third-order valence-corrected chi connectivity index (χ3v) is 7.49. The van der Waals surface area contributed by atoms with Gasteiger partial charge in [0, 0.05) is 42.1 Å². The zero-order valence-corrected chi connectivity index (χ0v) is 19.8. The Labute approximate surface area is 193 Å². The van der Waals surface area contributed by atoms with Gasteiger partial charge in [-0.05, 0) is 73.9 Å². The standard InChI is InChI=1S/C26H30BrN3O/c1-17-3-4-18(2)23(11-17)26-28-8-10-30(26)24-7-9-29(16-25(24)31)15-19-12-20-5-6-22(27)14-21(20)13-19/h3-6,8,10-11,14,19,24-25,31H,7,9,12-13,15-16H2,1-2H3/t19-,24+,25+/m0/s1. The maximum atomic E-state index is 11.1. The molecule has 2 aliphatic rings. The molecule has 4 nitrogen and oxygen atoms in total. The first-order valence-electron chi connectivity index (χ1n) is 11.3. The first kappa shape index (κ1) is 20.9. The fourth-order valence-electron chi connectivity index (χ4n) is 5.41. The van der Waals surface area contributed by atoms with Crippen LogP contribution in [-0.2, 0) is 12.8 Å². The lowest BCUT2D eigenvalue weighted by Crippen LogP contribution is -2.46. The Morgan fingerprint density at radius 1 is 1.10 bits per heavy atom. The minimum absolute atomic E-state index is 0.0744. The van der Waals surface area contributed by atoms with Crippen molar-refractivity contribution in [2.75, 3.05) is 19.6 Å². The Balaban J connectivity index is 1.27. The van der Waals surface area contributed by atoms with Crippen molar-refractivity contribution in [3.05, 3.63) is 75.5 Å². The van der Waals surface area contributed by atoms with Gasteiger partial charge in [-0.15, -0.1) is 0 Å². The first-order valence-corrected chi connectivity index (χ1v) is 12.1. The minimum Gasteiger partial charge on any atom is -0.390 e. The van der Waals surface area contributed by atoms with Crippen molar-refractivity contribution in [1.29, 1.82) is 0 Å². The smallest absolute Gasteiger partial charge is 0.140 e. The number of rotatable bonds is 4. The van der Waals surface area contributed by atoms with Crippen LogP contribution in [0.4, 0.5) is 0 Å². The molecule has 1 aliphatic heterocycles. The topological polar surface area (TPSA) is 41.3 Å². The van der Waals surface area contributed by atoms with Crippen LogP contribution in [0.25, 0.3) is 11.4 Å². The summed E-state index contributed by atoms with van der Waals surface area (Å²) in [5.74, 6) is 1.61. The highest BCUT2D eigenvalue weighted by Crippen LogP contribution is 2.33. The Morgan fingerprint density at radius 3 is 2.77 bits per heavy atom. The van der Waals surface area contributed by atoms with Crippen LogP contribution in [0.5, 0.6) is 0 Å². The van der Waals surface area contributed by atoms with Gasteiger partial charge in [-0.3, -0.25) is 0 Å². The summed E-state index contributed by atoms with van der Waals surface area (Å²) in [6.45, 7) is 7.05. The molecule has 3 atom stereocenters. The molecule has 0 bridgehead atoms. The highest BCUT2D eigenvalue weighted by Gasteiger charge is 2.32. The molecule has 162 valence electrons. The van der Waals surface area contributed by atoms with Gasteiger partial charge in [0.1, 0.15) is 5.82 Å². The number of aryl methyl sites for hydroxylation is 2. The number of aromatic nitrogens is 2. The number of benzene rings is 2. The highest BCUT2D eigenvalue weighted by atomic mass is 79.9. The average Bonchev–Trinajstić information content (AvgIpc) is 3.36. The summed E-state index contributed by atoms with van der Waals surface area (Å²) in [5, 5.41) is 11.1. The molecule has 0 amide bonds. The maximum Gasteiger partial charge on any atom is 0.140 e. The molecule has 1 saturated heterocycles. The lowest BCUT2D eigenvalue weighted by molar-refractivity contribution is 0.0222. The van der Waals surface area contributed by atoms with Crippen LogP contribution in [0.3, 0.4) is 0 Å². The van der Waals surface area contributed by atoms with Gasteiger partial charge in [0.2, 0.25) is 0 Å². The number of β-amino-alcohol motifs (C(OH)–C–C–N with tert-alkyl or cyclic N) is 1. The molecule has 1 fully saturated rings. The number of nitrogens with zero attached hydrogens (tertiary/aromatic N) is 3. The summed E-state index contributed by atoms with van der Waals surface area (Å²) in [4.78, 5) is 7.12. The van der Waals surface area contributed by atoms with E-state index in [9.17, 15) is 5.11 Å². The SMILES string of the molecule is Cc1ccc(C)c(-c2nccn2[C@@H]2CCN(C[C@H]3Cc4ccc(Br)cc4C3)C[C@H]2O)c1. The molecule has 1 aromatic heterocycles. The number of piperidine rings is 1. The van der Waals surface area contributed by atoms with Crippen LogP contribution < -0.4 is 0 Å². The molecule has 5 rings (SSSR count). The van der Waals surface area contributed by atoms with Gasteiger partial charge in [0.25, 0.3) is 0 Å². The van der Waals surface area contributed by atoms with Crippen molar-refractivity contribution in [3.63, 3.8) is 0 Å². The summed E-state index contributed by atoms with van der Waals surface area (Å²) in [6, 6.07) is 13.2. The summed E-state index contributed by atoms with van der Waals surface area (Å²) in [5.41, 5.74) is 6.58. The molecule has 31 heavy (non-hydrogen) atoms. The van der Waals surface area contributed by atoms with Crippen LogP contribution in [0.2, 0.25) is 0 Å². The minimum atomic E-state index is -0.385. The fourth-order valence-corrected chi connectivity index (χ4v) is 5.82. The summed E-state index contributed by atoms with van der Waals surface area (Å²) in [7, 11) is 0. The van der Waals surface area contributed by atoms with Gasteiger partial charge in [-0.1, -0.05) is 39.7 Å². The Kier molecular flexibility index (Phi) is 5.76. The van der Waals surface area contributed by atoms with Crippen molar-refractivity contribution >= 4 is 15.9 Å².